The number of rotatable bonds is 70. The van der Waals surface area contributed by atoms with E-state index in [1.807, 2.05) is 0 Å². The molecule has 0 bridgehead atoms. The Kier molecular flexibility index (Phi) is 69.4. The molecule has 0 aromatic rings. The molecule has 480 valence electrons. The van der Waals surface area contributed by atoms with Crippen molar-refractivity contribution in [3.63, 3.8) is 0 Å². The SMILES string of the molecule is CCCCCCCCC/C=C\CCCCCCCC(=O)OCCCCCCCCCCCCCC/C=C\CCCCCCCCCCCCCCCCCCCC(=O)NC(CO)C(O)CCCCCCCCCCCCCCCCC. The molecule has 6 nitrogen and oxygen atoms in total. The average Bonchev–Trinajstić information content (AvgIpc) is 3.47. The predicted molar refractivity (Wildman–Crippen MR) is 356 cm³/mol. The molecule has 0 aliphatic heterocycles. The zero-order valence-electron chi connectivity index (χ0n) is 55.0. The molecule has 0 heterocycles. The number of unbranched alkanes of at least 4 members (excludes halogenated alkanes) is 55. The highest BCUT2D eigenvalue weighted by Crippen LogP contribution is 2.19. The molecular weight excluding hydrogens is 995 g/mol. The van der Waals surface area contributed by atoms with E-state index in [9.17, 15) is 19.8 Å². The van der Waals surface area contributed by atoms with Gasteiger partial charge < -0.3 is 20.3 Å². The second-order valence-electron chi connectivity index (χ2n) is 25.6. The third-order valence-electron chi connectivity index (χ3n) is 17.5. The van der Waals surface area contributed by atoms with Crippen LogP contribution in [0.1, 0.15) is 418 Å². The number of aliphatic hydroxyl groups is 2. The summed E-state index contributed by atoms with van der Waals surface area (Å²) in [5, 5.41) is 23.3. The topological polar surface area (TPSA) is 95.9 Å². The Hall–Kier alpha value is -1.66. The Morgan fingerprint density at radius 1 is 0.333 bits per heavy atom. The van der Waals surface area contributed by atoms with Crippen LogP contribution in [0.25, 0.3) is 0 Å². The van der Waals surface area contributed by atoms with E-state index in [0.29, 0.717) is 25.9 Å². The number of allylic oxidation sites excluding steroid dienone is 4. The van der Waals surface area contributed by atoms with Gasteiger partial charge in [0.15, 0.2) is 0 Å². The maximum absolute atomic E-state index is 12.5. The first-order valence-corrected chi connectivity index (χ1v) is 37.1. The first-order valence-electron chi connectivity index (χ1n) is 37.1. The molecule has 0 aromatic heterocycles. The van der Waals surface area contributed by atoms with Gasteiger partial charge in [-0.15, -0.1) is 0 Å². The van der Waals surface area contributed by atoms with Gasteiger partial charge in [-0.25, -0.2) is 0 Å². The number of amides is 1. The van der Waals surface area contributed by atoms with Crippen molar-refractivity contribution in [2.45, 2.75) is 431 Å². The molecule has 0 spiro atoms. The molecule has 2 unspecified atom stereocenters. The third kappa shape index (κ3) is 67.3. The molecule has 0 radical (unpaired) electrons. The van der Waals surface area contributed by atoms with E-state index in [-0.39, 0.29) is 18.5 Å². The summed E-state index contributed by atoms with van der Waals surface area (Å²) in [5.74, 6) is -0.0167. The number of hydrogen-bond donors (Lipinski definition) is 3. The van der Waals surface area contributed by atoms with Crippen molar-refractivity contribution in [1.82, 2.24) is 5.32 Å². The van der Waals surface area contributed by atoms with Crippen LogP contribution in [0.2, 0.25) is 0 Å². The third-order valence-corrected chi connectivity index (χ3v) is 17.5. The van der Waals surface area contributed by atoms with Crippen LogP contribution in [0.5, 0.6) is 0 Å². The summed E-state index contributed by atoms with van der Waals surface area (Å²) in [6, 6.07) is -0.539. The van der Waals surface area contributed by atoms with E-state index in [1.165, 1.54) is 340 Å². The summed E-state index contributed by atoms with van der Waals surface area (Å²) in [6.07, 6.45) is 89.6. The van der Waals surface area contributed by atoms with Gasteiger partial charge in [-0.3, -0.25) is 9.59 Å². The Balaban J connectivity index is 3.34. The van der Waals surface area contributed by atoms with Crippen LogP contribution in [0.15, 0.2) is 24.3 Å². The highest BCUT2D eigenvalue weighted by Gasteiger charge is 2.20. The zero-order chi connectivity index (χ0) is 58.5. The van der Waals surface area contributed by atoms with Gasteiger partial charge in [0.05, 0.1) is 25.4 Å². The van der Waals surface area contributed by atoms with Crippen LogP contribution in [0.4, 0.5) is 0 Å². The molecule has 1 amide bonds. The minimum atomic E-state index is -0.662. The number of carbonyl (C=O) groups excluding carboxylic acids is 2. The smallest absolute Gasteiger partial charge is 0.305 e. The molecule has 2 atom stereocenters. The van der Waals surface area contributed by atoms with Crippen molar-refractivity contribution in [2.24, 2.45) is 0 Å². The van der Waals surface area contributed by atoms with E-state index in [0.717, 1.165) is 44.9 Å². The lowest BCUT2D eigenvalue weighted by Crippen LogP contribution is -2.45. The lowest BCUT2D eigenvalue weighted by atomic mass is 10.0. The summed E-state index contributed by atoms with van der Waals surface area (Å²) in [5.41, 5.74) is 0. The van der Waals surface area contributed by atoms with Crippen LogP contribution < -0.4 is 5.32 Å². The molecule has 0 fully saturated rings. The van der Waals surface area contributed by atoms with Crippen LogP contribution in [0.3, 0.4) is 0 Å². The average molecular weight is 1140 g/mol. The van der Waals surface area contributed by atoms with Gasteiger partial charge in [-0.2, -0.15) is 0 Å². The number of hydrogen-bond acceptors (Lipinski definition) is 5. The Morgan fingerprint density at radius 3 is 0.877 bits per heavy atom. The molecule has 3 N–H and O–H groups in total. The van der Waals surface area contributed by atoms with E-state index in [1.54, 1.807) is 0 Å². The van der Waals surface area contributed by atoms with Gasteiger partial charge >= 0.3 is 5.97 Å². The first-order chi connectivity index (χ1) is 40.0. The highest BCUT2D eigenvalue weighted by atomic mass is 16.5. The van der Waals surface area contributed by atoms with Crippen molar-refractivity contribution in [1.29, 1.82) is 0 Å². The van der Waals surface area contributed by atoms with Crippen molar-refractivity contribution in [2.75, 3.05) is 13.2 Å². The molecule has 0 aromatic carbocycles. The summed E-state index contributed by atoms with van der Waals surface area (Å²) >= 11 is 0. The fourth-order valence-corrected chi connectivity index (χ4v) is 11.8. The summed E-state index contributed by atoms with van der Waals surface area (Å²) in [4.78, 5) is 24.6. The highest BCUT2D eigenvalue weighted by molar-refractivity contribution is 5.76. The maximum atomic E-state index is 12.5. The number of aliphatic hydroxyl groups excluding tert-OH is 2. The fraction of sp³-hybridized carbons (Fsp3) is 0.920. The molecule has 0 aliphatic carbocycles. The number of carbonyl (C=O) groups is 2. The first kappa shape index (κ1) is 79.3. The Bertz CT molecular complexity index is 1270. The maximum Gasteiger partial charge on any atom is 0.305 e. The van der Waals surface area contributed by atoms with Crippen molar-refractivity contribution in [3.05, 3.63) is 24.3 Å². The molecule has 0 saturated heterocycles. The predicted octanol–water partition coefficient (Wildman–Crippen LogP) is 24.1. The molecule has 81 heavy (non-hydrogen) atoms. The normalized spacial score (nSPS) is 12.6. The van der Waals surface area contributed by atoms with Crippen LogP contribution in [0, 0.1) is 0 Å². The van der Waals surface area contributed by atoms with Crippen molar-refractivity contribution >= 4 is 11.9 Å². The van der Waals surface area contributed by atoms with Gasteiger partial charge in [0, 0.05) is 12.8 Å². The van der Waals surface area contributed by atoms with Gasteiger partial charge in [-0.1, -0.05) is 353 Å². The molecule has 0 rings (SSSR count). The van der Waals surface area contributed by atoms with Crippen LogP contribution in [-0.2, 0) is 14.3 Å². The number of nitrogens with one attached hydrogen (secondary N) is 1. The van der Waals surface area contributed by atoms with Gasteiger partial charge in [-0.05, 0) is 77.0 Å². The second kappa shape index (κ2) is 70.8. The fourth-order valence-electron chi connectivity index (χ4n) is 11.8. The lowest BCUT2D eigenvalue weighted by Gasteiger charge is -2.22. The minimum Gasteiger partial charge on any atom is -0.466 e. The van der Waals surface area contributed by atoms with Gasteiger partial charge in [0.2, 0.25) is 5.91 Å². The Labute approximate surface area is 507 Å². The van der Waals surface area contributed by atoms with Gasteiger partial charge in [0.25, 0.3) is 0 Å². The van der Waals surface area contributed by atoms with Gasteiger partial charge in [0.1, 0.15) is 0 Å². The number of ether oxygens (including phenoxy) is 1. The molecular formula is C75H145NO5. The monoisotopic (exact) mass is 1140 g/mol. The number of esters is 1. The van der Waals surface area contributed by atoms with E-state index >= 15 is 0 Å². The van der Waals surface area contributed by atoms with Crippen LogP contribution >= 0.6 is 0 Å². The quantitative estimate of drug-likeness (QED) is 0.0320. The summed E-state index contributed by atoms with van der Waals surface area (Å²) < 4.78 is 5.50. The summed E-state index contributed by atoms with van der Waals surface area (Å²) in [6.45, 7) is 4.98. The standard InChI is InChI=1S/C75H145NO5/c1-3-5-7-9-11-13-15-17-19-41-45-49-53-57-61-65-69-75(80)81-70-66-62-58-54-50-46-42-38-36-34-32-30-28-26-24-22-20-21-23-25-27-29-31-33-35-37-40-44-48-52-56-60-64-68-74(79)76-72(71-77)73(78)67-63-59-55-51-47-43-39-18-16-14-12-10-8-6-4-2/h19,24,26,41,72-73,77-78H,3-18,20-23,25,27-40,42-71H2,1-2H3,(H,76,79)/b26-24-,41-19-. The van der Waals surface area contributed by atoms with E-state index < -0.39 is 12.1 Å². The van der Waals surface area contributed by atoms with E-state index in [2.05, 4.69) is 43.5 Å². The minimum absolute atomic E-state index is 0.0120. The molecule has 6 heteroatoms. The summed E-state index contributed by atoms with van der Waals surface area (Å²) in [7, 11) is 0. The Morgan fingerprint density at radius 2 is 0.580 bits per heavy atom. The molecule has 0 aliphatic rings. The van der Waals surface area contributed by atoms with Crippen molar-refractivity contribution in [3.8, 4) is 0 Å². The largest absolute Gasteiger partial charge is 0.466 e. The zero-order valence-corrected chi connectivity index (χ0v) is 55.0. The lowest BCUT2D eigenvalue weighted by molar-refractivity contribution is -0.143. The molecule has 0 saturated carbocycles. The second-order valence-corrected chi connectivity index (χ2v) is 25.6. The van der Waals surface area contributed by atoms with E-state index in [4.69, 9.17) is 4.74 Å². The van der Waals surface area contributed by atoms with Crippen molar-refractivity contribution < 1.29 is 24.5 Å². The van der Waals surface area contributed by atoms with Crippen LogP contribution in [-0.4, -0.2) is 47.4 Å².